The molecule has 0 saturated carbocycles. The number of aryl methyl sites for hydroxylation is 2. The van der Waals surface area contributed by atoms with Gasteiger partial charge in [0.05, 0.1) is 18.0 Å². The summed E-state index contributed by atoms with van der Waals surface area (Å²) in [6, 6.07) is 16.0. The minimum Gasteiger partial charge on any atom is -0.492 e. The van der Waals surface area contributed by atoms with E-state index in [0.29, 0.717) is 18.9 Å². The maximum atomic E-state index is 12.1. The number of ether oxygens (including phenoxy) is 1. The number of rotatable bonds is 8. The molecule has 0 bridgehead atoms. The Labute approximate surface area is 163 Å². The van der Waals surface area contributed by atoms with Crippen molar-refractivity contribution in [2.24, 2.45) is 0 Å². The van der Waals surface area contributed by atoms with Gasteiger partial charge in [-0.05, 0) is 43.2 Å². The van der Waals surface area contributed by atoms with Crippen molar-refractivity contribution in [1.82, 2.24) is 14.9 Å². The Morgan fingerprint density at radius 2 is 2.04 bits per heavy atom. The predicted octanol–water partition coefficient (Wildman–Crippen LogP) is 3.78. The predicted molar refractivity (Wildman–Crippen MR) is 109 cm³/mol. The van der Waals surface area contributed by atoms with Gasteiger partial charge in [0.25, 0.3) is 0 Å². The number of amides is 1. The lowest BCUT2D eigenvalue weighted by Gasteiger charge is -2.10. The molecule has 1 aromatic heterocycles. The zero-order valence-electron chi connectivity index (χ0n) is 15.5. The summed E-state index contributed by atoms with van der Waals surface area (Å²) in [4.78, 5) is 16.5. The van der Waals surface area contributed by atoms with E-state index in [-0.39, 0.29) is 5.91 Å². The second-order valence-corrected chi connectivity index (χ2v) is 7.11. The third-order valence-electron chi connectivity index (χ3n) is 4.00. The molecule has 6 heteroatoms. The van der Waals surface area contributed by atoms with E-state index < -0.39 is 0 Å². The van der Waals surface area contributed by atoms with Crippen LogP contribution >= 0.6 is 11.8 Å². The molecule has 5 nitrogen and oxygen atoms in total. The van der Waals surface area contributed by atoms with Gasteiger partial charge in [-0.25, -0.2) is 4.98 Å². The summed E-state index contributed by atoms with van der Waals surface area (Å²) in [6.07, 6.45) is 3.67. The zero-order chi connectivity index (χ0) is 19.1. The normalized spacial score (nSPS) is 10.6. The van der Waals surface area contributed by atoms with Gasteiger partial charge in [-0.15, -0.1) is 0 Å². The first-order chi connectivity index (χ1) is 13.1. The molecule has 0 aliphatic rings. The average molecular weight is 382 g/mol. The van der Waals surface area contributed by atoms with Crippen molar-refractivity contribution in [3.63, 3.8) is 0 Å². The van der Waals surface area contributed by atoms with E-state index in [1.54, 1.807) is 6.20 Å². The van der Waals surface area contributed by atoms with Crippen molar-refractivity contribution in [3.8, 4) is 11.4 Å². The molecule has 140 valence electrons. The Hall–Kier alpha value is -2.73. The monoisotopic (exact) mass is 381 g/mol. The number of nitrogens with zero attached hydrogens (tertiary/aromatic N) is 2. The molecule has 3 aromatic rings. The molecule has 27 heavy (non-hydrogen) atoms. The summed E-state index contributed by atoms with van der Waals surface area (Å²) >= 11 is 1.42. The molecule has 0 atom stereocenters. The maximum absolute atomic E-state index is 12.1. The lowest BCUT2D eigenvalue weighted by molar-refractivity contribution is -0.118. The van der Waals surface area contributed by atoms with Crippen LogP contribution in [0.15, 0.2) is 66.1 Å². The van der Waals surface area contributed by atoms with Crippen molar-refractivity contribution in [3.05, 3.63) is 72.1 Å². The second-order valence-electron chi connectivity index (χ2n) is 6.17. The van der Waals surface area contributed by atoms with E-state index in [2.05, 4.69) is 23.3 Å². The van der Waals surface area contributed by atoms with Crippen LogP contribution in [0.1, 0.15) is 11.1 Å². The Balaban J connectivity index is 1.45. The zero-order valence-corrected chi connectivity index (χ0v) is 16.3. The number of aromatic nitrogens is 2. The van der Waals surface area contributed by atoms with Crippen LogP contribution in [0.3, 0.4) is 0 Å². The molecule has 1 heterocycles. The van der Waals surface area contributed by atoms with Crippen molar-refractivity contribution >= 4 is 17.7 Å². The van der Waals surface area contributed by atoms with Gasteiger partial charge in [-0.3, -0.25) is 9.36 Å². The number of hydrogen-bond donors (Lipinski definition) is 1. The fourth-order valence-corrected chi connectivity index (χ4v) is 3.46. The highest BCUT2D eigenvalue weighted by Gasteiger charge is 2.10. The lowest BCUT2D eigenvalue weighted by atomic mass is 10.2. The van der Waals surface area contributed by atoms with E-state index in [1.807, 2.05) is 60.2 Å². The first-order valence-electron chi connectivity index (χ1n) is 8.82. The van der Waals surface area contributed by atoms with Crippen molar-refractivity contribution in [2.45, 2.75) is 19.0 Å². The van der Waals surface area contributed by atoms with E-state index in [1.165, 1.54) is 11.8 Å². The first kappa shape index (κ1) is 19.0. The quantitative estimate of drug-likeness (QED) is 0.477. The van der Waals surface area contributed by atoms with Gasteiger partial charge in [0.1, 0.15) is 12.4 Å². The lowest BCUT2D eigenvalue weighted by Crippen LogP contribution is -2.29. The number of para-hydroxylation sites is 1. The Morgan fingerprint density at radius 3 is 2.85 bits per heavy atom. The highest BCUT2D eigenvalue weighted by molar-refractivity contribution is 7.99. The van der Waals surface area contributed by atoms with Gasteiger partial charge in [0.15, 0.2) is 5.16 Å². The highest BCUT2D eigenvalue weighted by atomic mass is 32.2. The third kappa shape index (κ3) is 5.37. The summed E-state index contributed by atoms with van der Waals surface area (Å²) in [6.45, 7) is 4.99. The fraction of sp³-hybridized carbons (Fsp3) is 0.238. The summed E-state index contributed by atoms with van der Waals surface area (Å²) in [5.74, 6) is 1.10. The van der Waals surface area contributed by atoms with Crippen molar-refractivity contribution in [2.75, 3.05) is 18.9 Å². The Kier molecular flexibility index (Phi) is 6.54. The van der Waals surface area contributed by atoms with Crippen LogP contribution in [0.25, 0.3) is 5.69 Å². The SMILES string of the molecule is Cc1cccc(OCCNC(=O)CSc2nccn2-c2ccccc2C)c1. The number of carbonyl (C=O) groups is 1. The van der Waals surface area contributed by atoms with Crippen molar-refractivity contribution < 1.29 is 9.53 Å². The third-order valence-corrected chi connectivity index (χ3v) is 4.96. The van der Waals surface area contributed by atoms with Crippen molar-refractivity contribution in [1.29, 1.82) is 0 Å². The summed E-state index contributed by atoms with van der Waals surface area (Å²) in [5.41, 5.74) is 3.39. The summed E-state index contributed by atoms with van der Waals surface area (Å²) in [7, 11) is 0. The number of carbonyl (C=O) groups excluding carboxylic acids is 1. The summed E-state index contributed by atoms with van der Waals surface area (Å²) < 4.78 is 7.65. The van der Waals surface area contributed by atoms with Crippen LogP contribution in [0, 0.1) is 13.8 Å². The molecule has 0 saturated heterocycles. The molecule has 0 aliphatic heterocycles. The molecule has 0 radical (unpaired) electrons. The molecule has 1 amide bonds. The smallest absolute Gasteiger partial charge is 0.230 e. The molecule has 0 unspecified atom stereocenters. The van der Waals surface area contributed by atoms with Gasteiger partial charge >= 0.3 is 0 Å². The van der Waals surface area contributed by atoms with Crippen LogP contribution in [-0.4, -0.2) is 34.4 Å². The number of hydrogen-bond acceptors (Lipinski definition) is 4. The largest absolute Gasteiger partial charge is 0.492 e. The molecular formula is C21H23N3O2S. The molecule has 0 spiro atoms. The van der Waals surface area contributed by atoms with Crippen LogP contribution < -0.4 is 10.1 Å². The number of imidazole rings is 1. The fourth-order valence-electron chi connectivity index (χ4n) is 2.66. The highest BCUT2D eigenvalue weighted by Crippen LogP contribution is 2.22. The van der Waals surface area contributed by atoms with Crippen LogP contribution in [0.2, 0.25) is 0 Å². The van der Waals surface area contributed by atoms with E-state index >= 15 is 0 Å². The maximum Gasteiger partial charge on any atom is 0.230 e. The molecule has 2 aromatic carbocycles. The van der Waals surface area contributed by atoms with Gasteiger partial charge in [-0.1, -0.05) is 42.1 Å². The molecule has 1 N–H and O–H groups in total. The average Bonchev–Trinajstić information content (AvgIpc) is 3.12. The van der Waals surface area contributed by atoms with Crippen LogP contribution in [0.5, 0.6) is 5.75 Å². The molecule has 0 aliphatic carbocycles. The van der Waals surface area contributed by atoms with Crippen LogP contribution in [0.4, 0.5) is 0 Å². The Morgan fingerprint density at radius 1 is 1.19 bits per heavy atom. The van der Waals surface area contributed by atoms with E-state index in [4.69, 9.17) is 4.74 Å². The second kappa shape index (κ2) is 9.28. The molecule has 3 rings (SSSR count). The standard InChI is InChI=1S/C21H23N3O2S/c1-16-6-5-8-18(14-16)26-13-11-22-20(25)15-27-21-23-10-12-24(21)19-9-4-3-7-17(19)2/h3-10,12,14H,11,13,15H2,1-2H3,(H,22,25). The number of thioether (sulfide) groups is 1. The van der Waals surface area contributed by atoms with E-state index in [9.17, 15) is 4.79 Å². The van der Waals surface area contributed by atoms with Gasteiger partial charge in [-0.2, -0.15) is 0 Å². The van der Waals surface area contributed by atoms with Gasteiger partial charge < -0.3 is 10.1 Å². The molecular weight excluding hydrogens is 358 g/mol. The topological polar surface area (TPSA) is 56.1 Å². The number of nitrogens with one attached hydrogen (secondary N) is 1. The number of benzene rings is 2. The minimum atomic E-state index is -0.0350. The van der Waals surface area contributed by atoms with E-state index in [0.717, 1.165) is 27.7 Å². The van der Waals surface area contributed by atoms with Gasteiger partial charge in [0.2, 0.25) is 5.91 Å². The van der Waals surface area contributed by atoms with Crippen LogP contribution in [-0.2, 0) is 4.79 Å². The Bertz CT molecular complexity index is 908. The minimum absolute atomic E-state index is 0.0350. The summed E-state index contributed by atoms with van der Waals surface area (Å²) in [5, 5.41) is 3.68. The first-order valence-corrected chi connectivity index (χ1v) is 9.80. The molecule has 0 fully saturated rings. The van der Waals surface area contributed by atoms with Gasteiger partial charge in [0, 0.05) is 12.4 Å².